The molecule has 2 aliphatic carbocycles. The van der Waals surface area contributed by atoms with Crippen LogP contribution in [0.25, 0.3) is 0 Å². The Morgan fingerprint density at radius 2 is 2.07 bits per heavy atom. The number of hydrogen-bond acceptors (Lipinski definition) is 2. The Hall–Kier alpha value is -0.570. The molecule has 1 unspecified atom stereocenters. The fraction of sp³-hybridized carbons (Fsp3) is 0.917. The van der Waals surface area contributed by atoms with Gasteiger partial charge in [0.15, 0.2) is 0 Å². The summed E-state index contributed by atoms with van der Waals surface area (Å²) in [7, 11) is 0. The van der Waals surface area contributed by atoms with Gasteiger partial charge in [0.1, 0.15) is 0 Å². The lowest BCUT2D eigenvalue weighted by Gasteiger charge is -2.22. The monoisotopic (exact) mass is 211 g/mol. The van der Waals surface area contributed by atoms with Crippen LogP contribution in [0.15, 0.2) is 0 Å². The molecule has 0 aromatic rings. The maximum absolute atomic E-state index is 11.9. The van der Waals surface area contributed by atoms with E-state index in [1.54, 1.807) is 6.92 Å². The summed E-state index contributed by atoms with van der Waals surface area (Å²) >= 11 is 0. The lowest BCUT2D eigenvalue weighted by atomic mass is 10.2. The predicted molar refractivity (Wildman–Crippen MR) is 58.4 cm³/mol. The van der Waals surface area contributed by atoms with Crippen molar-refractivity contribution in [3.63, 3.8) is 0 Å². The Balaban J connectivity index is 1.77. The van der Waals surface area contributed by atoms with Crippen LogP contribution in [0.5, 0.6) is 0 Å². The zero-order chi connectivity index (χ0) is 10.8. The number of amides is 1. The number of aliphatic hydroxyl groups is 1. The van der Waals surface area contributed by atoms with Gasteiger partial charge in [0.25, 0.3) is 0 Å². The zero-order valence-corrected chi connectivity index (χ0v) is 9.48. The van der Waals surface area contributed by atoms with E-state index in [1.165, 1.54) is 25.7 Å². The SMILES string of the molecule is CC(O)CCC(=O)N(CC1CC1)C1CC1. The number of rotatable bonds is 6. The average Bonchev–Trinajstić information content (AvgIpc) is 3.00. The Morgan fingerprint density at radius 3 is 2.53 bits per heavy atom. The van der Waals surface area contributed by atoms with Crippen molar-refractivity contribution in [2.45, 2.75) is 57.6 Å². The van der Waals surface area contributed by atoms with Crippen LogP contribution in [-0.2, 0) is 4.79 Å². The van der Waals surface area contributed by atoms with E-state index in [0.717, 1.165) is 12.5 Å². The highest BCUT2D eigenvalue weighted by atomic mass is 16.3. The van der Waals surface area contributed by atoms with E-state index in [9.17, 15) is 4.79 Å². The third kappa shape index (κ3) is 3.49. The summed E-state index contributed by atoms with van der Waals surface area (Å²) in [6.07, 6.45) is 5.74. The van der Waals surface area contributed by atoms with Gasteiger partial charge in [0.2, 0.25) is 5.91 Å². The molecule has 15 heavy (non-hydrogen) atoms. The van der Waals surface area contributed by atoms with Crippen LogP contribution in [0.3, 0.4) is 0 Å². The van der Waals surface area contributed by atoms with Crippen molar-refractivity contribution < 1.29 is 9.90 Å². The van der Waals surface area contributed by atoms with Gasteiger partial charge in [-0.2, -0.15) is 0 Å². The smallest absolute Gasteiger partial charge is 0.222 e. The third-order valence-electron chi connectivity index (χ3n) is 3.24. The maximum atomic E-state index is 11.9. The molecule has 2 saturated carbocycles. The van der Waals surface area contributed by atoms with Gasteiger partial charge >= 0.3 is 0 Å². The Labute approximate surface area is 91.5 Å². The molecular weight excluding hydrogens is 190 g/mol. The summed E-state index contributed by atoms with van der Waals surface area (Å²) < 4.78 is 0. The van der Waals surface area contributed by atoms with Crippen molar-refractivity contribution >= 4 is 5.91 Å². The van der Waals surface area contributed by atoms with Crippen molar-refractivity contribution in [1.29, 1.82) is 0 Å². The van der Waals surface area contributed by atoms with Crippen LogP contribution >= 0.6 is 0 Å². The molecule has 2 rings (SSSR count). The Kier molecular flexibility index (Phi) is 3.29. The predicted octanol–water partition coefficient (Wildman–Crippen LogP) is 1.55. The number of aliphatic hydroxyl groups excluding tert-OH is 1. The van der Waals surface area contributed by atoms with Crippen LogP contribution in [0.4, 0.5) is 0 Å². The van der Waals surface area contributed by atoms with E-state index < -0.39 is 0 Å². The molecule has 2 aliphatic rings. The summed E-state index contributed by atoms with van der Waals surface area (Å²) in [5, 5.41) is 9.16. The van der Waals surface area contributed by atoms with Gasteiger partial charge in [-0.25, -0.2) is 0 Å². The van der Waals surface area contributed by atoms with Crippen LogP contribution < -0.4 is 0 Å². The number of carbonyl (C=O) groups is 1. The minimum atomic E-state index is -0.351. The molecule has 3 heteroatoms. The van der Waals surface area contributed by atoms with E-state index in [4.69, 9.17) is 5.11 Å². The fourth-order valence-corrected chi connectivity index (χ4v) is 1.90. The minimum absolute atomic E-state index is 0.255. The van der Waals surface area contributed by atoms with E-state index in [2.05, 4.69) is 4.90 Å². The van der Waals surface area contributed by atoms with E-state index in [1.807, 2.05) is 0 Å². The molecule has 0 aromatic heterocycles. The fourth-order valence-electron chi connectivity index (χ4n) is 1.90. The molecule has 0 radical (unpaired) electrons. The van der Waals surface area contributed by atoms with Gasteiger partial charge in [-0.05, 0) is 44.9 Å². The van der Waals surface area contributed by atoms with Gasteiger partial charge < -0.3 is 10.0 Å². The standard InChI is InChI=1S/C12H21NO2/c1-9(14)2-7-12(15)13(11-5-6-11)8-10-3-4-10/h9-11,14H,2-8H2,1H3. The normalized spacial score (nSPS) is 22.5. The van der Waals surface area contributed by atoms with Crippen molar-refractivity contribution in [2.75, 3.05) is 6.54 Å². The molecule has 1 amide bonds. The third-order valence-corrected chi connectivity index (χ3v) is 3.24. The Bertz CT molecular complexity index is 232. The molecule has 2 fully saturated rings. The number of nitrogens with zero attached hydrogens (tertiary/aromatic N) is 1. The summed E-state index contributed by atoms with van der Waals surface area (Å²) in [6.45, 7) is 2.72. The van der Waals surface area contributed by atoms with Gasteiger partial charge in [-0.3, -0.25) is 4.79 Å². The van der Waals surface area contributed by atoms with Crippen LogP contribution in [0, 0.1) is 5.92 Å². The molecule has 1 atom stereocenters. The van der Waals surface area contributed by atoms with E-state index >= 15 is 0 Å². The first-order valence-corrected chi connectivity index (χ1v) is 6.14. The first kappa shape index (κ1) is 10.9. The maximum Gasteiger partial charge on any atom is 0.222 e. The molecule has 0 bridgehead atoms. The second-order valence-electron chi connectivity index (χ2n) is 5.11. The van der Waals surface area contributed by atoms with Crippen molar-refractivity contribution in [3.05, 3.63) is 0 Å². The summed E-state index contributed by atoms with van der Waals surface area (Å²) in [4.78, 5) is 14.0. The van der Waals surface area contributed by atoms with Crippen molar-refractivity contribution in [1.82, 2.24) is 4.90 Å². The average molecular weight is 211 g/mol. The largest absolute Gasteiger partial charge is 0.393 e. The van der Waals surface area contributed by atoms with Crippen LogP contribution in [0.2, 0.25) is 0 Å². The van der Waals surface area contributed by atoms with Gasteiger partial charge in [0, 0.05) is 19.0 Å². The molecule has 0 aliphatic heterocycles. The van der Waals surface area contributed by atoms with Gasteiger partial charge in [-0.15, -0.1) is 0 Å². The van der Waals surface area contributed by atoms with Crippen LogP contribution in [0.1, 0.15) is 45.4 Å². The molecule has 3 nitrogen and oxygen atoms in total. The highest BCUT2D eigenvalue weighted by Gasteiger charge is 2.36. The molecular formula is C12H21NO2. The molecule has 0 aromatic carbocycles. The van der Waals surface area contributed by atoms with Gasteiger partial charge in [0.05, 0.1) is 6.10 Å². The highest BCUT2D eigenvalue weighted by Crippen LogP contribution is 2.35. The molecule has 0 saturated heterocycles. The van der Waals surface area contributed by atoms with Crippen LogP contribution in [-0.4, -0.2) is 34.6 Å². The summed E-state index contributed by atoms with van der Waals surface area (Å²) in [5.74, 6) is 1.03. The van der Waals surface area contributed by atoms with Gasteiger partial charge in [-0.1, -0.05) is 0 Å². The summed E-state index contributed by atoms with van der Waals surface area (Å²) in [6, 6.07) is 0.534. The molecule has 1 N–H and O–H groups in total. The summed E-state index contributed by atoms with van der Waals surface area (Å²) in [5.41, 5.74) is 0. The molecule has 0 heterocycles. The Morgan fingerprint density at radius 1 is 1.40 bits per heavy atom. The molecule has 0 spiro atoms. The van der Waals surface area contributed by atoms with E-state index in [0.29, 0.717) is 18.9 Å². The van der Waals surface area contributed by atoms with Crippen molar-refractivity contribution in [3.8, 4) is 0 Å². The topological polar surface area (TPSA) is 40.5 Å². The first-order chi connectivity index (χ1) is 7.16. The minimum Gasteiger partial charge on any atom is -0.393 e. The lowest BCUT2D eigenvalue weighted by molar-refractivity contribution is -0.132. The highest BCUT2D eigenvalue weighted by molar-refractivity contribution is 5.77. The van der Waals surface area contributed by atoms with E-state index in [-0.39, 0.29) is 12.0 Å². The quantitative estimate of drug-likeness (QED) is 0.724. The first-order valence-electron chi connectivity index (χ1n) is 6.14. The molecule has 86 valence electrons. The van der Waals surface area contributed by atoms with Crippen molar-refractivity contribution in [2.24, 2.45) is 5.92 Å². The second kappa shape index (κ2) is 4.52. The zero-order valence-electron chi connectivity index (χ0n) is 9.48. The second-order valence-corrected chi connectivity index (χ2v) is 5.11. The lowest BCUT2D eigenvalue weighted by Crippen LogP contribution is -2.35. The number of carbonyl (C=O) groups excluding carboxylic acids is 1. The number of hydrogen-bond donors (Lipinski definition) is 1.